The van der Waals surface area contributed by atoms with Crippen LogP contribution >= 0.6 is 0 Å². The Hall–Kier alpha value is -0.440. The third-order valence-electron chi connectivity index (χ3n) is 3.98. The molecule has 2 aliphatic heterocycles. The van der Waals surface area contributed by atoms with Crippen LogP contribution in [0.2, 0.25) is 0 Å². The van der Waals surface area contributed by atoms with Crippen molar-refractivity contribution in [2.75, 3.05) is 13.2 Å². The van der Waals surface area contributed by atoms with E-state index in [1.54, 1.807) is 0 Å². The number of aliphatic hydroxyl groups is 8. The second kappa shape index (κ2) is 7.63. The van der Waals surface area contributed by atoms with Gasteiger partial charge in [-0.1, -0.05) is 0 Å². The van der Waals surface area contributed by atoms with Crippen molar-refractivity contribution in [3.8, 4) is 0 Å². The van der Waals surface area contributed by atoms with E-state index in [2.05, 4.69) is 0 Å². The maximum absolute atomic E-state index is 9.94. The lowest BCUT2D eigenvalue weighted by molar-refractivity contribution is -0.361. The molecular formula is C12H22O11. The molecule has 23 heavy (non-hydrogen) atoms. The molecule has 0 bridgehead atoms. The van der Waals surface area contributed by atoms with Crippen molar-refractivity contribution in [2.45, 2.75) is 61.4 Å². The van der Waals surface area contributed by atoms with Gasteiger partial charge in [-0.05, 0) is 0 Å². The van der Waals surface area contributed by atoms with E-state index >= 15 is 0 Å². The quantitative estimate of drug-likeness (QED) is 0.243. The Labute approximate surface area is 130 Å². The van der Waals surface area contributed by atoms with Gasteiger partial charge in [0.15, 0.2) is 12.6 Å². The number of hydrogen-bond acceptors (Lipinski definition) is 11. The molecule has 0 amide bonds. The van der Waals surface area contributed by atoms with Gasteiger partial charge in [0.1, 0.15) is 48.8 Å². The average molecular weight is 342 g/mol. The Morgan fingerprint density at radius 2 is 1.17 bits per heavy atom. The number of aliphatic hydroxyl groups excluding tert-OH is 8. The fourth-order valence-corrected chi connectivity index (χ4v) is 2.55. The van der Waals surface area contributed by atoms with E-state index in [0.29, 0.717) is 0 Å². The second-order valence-corrected chi connectivity index (χ2v) is 5.53. The molecule has 8 N–H and O–H groups in total. The van der Waals surface area contributed by atoms with Gasteiger partial charge in [0.05, 0.1) is 13.2 Å². The van der Waals surface area contributed by atoms with E-state index in [4.69, 9.17) is 24.4 Å². The molecule has 0 radical (unpaired) electrons. The van der Waals surface area contributed by atoms with E-state index in [-0.39, 0.29) is 0 Å². The van der Waals surface area contributed by atoms with Crippen molar-refractivity contribution < 1.29 is 55.1 Å². The first-order chi connectivity index (χ1) is 10.8. The Bertz CT molecular complexity index is 380. The van der Waals surface area contributed by atoms with Gasteiger partial charge in [-0.25, -0.2) is 0 Å². The van der Waals surface area contributed by atoms with Crippen molar-refractivity contribution in [3.63, 3.8) is 0 Å². The second-order valence-electron chi connectivity index (χ2n) is 5.53. The molecular weight excluding hydrogens is 320 g/mol. The zero-order valence-electron chi connectivity index (χ0n) is 12.0. The van der Waals surface area contributed by atoms with Gasteiger partial charge in [0.2, 0.25) is 0 Å². The van der Waals surface area contributed by atoms with Crippen molar-refractivity contribution in [3.05, 3.63) is 0 Å². The standard InChI is InChI=1S/C12H22O11/c13-1-3-6(16)8(18)10(11(20)21-3)23-12-9(19)7(17)5(15)4(2-14)22-12/h3-20H,1-2H2/t3-,4-,5-,6-,7+,8+,9-,10-,11?,12-/m1/s1. The van der Waals surface area contributed by atoms with Crippen LogP contribution in [0.25, 0.3) is 0 Å². The topological polar surface area (TPSA) is 190 Å². The van der Waals surface area contributed by atoms with Crippen LogP contribution in [-0.2, 0) is 14.2 Å². The molecule has 136 valence electrons. The minimum Gasteiger partial charge on any atom is -0.394 e. The van der Waals surface area contributed by atoms with Crippen LogP contribution in [0.3, 0.4) is 0 Å². The van der Waals surface area contributed by atoms with Gasteiger partial charge in [0.25, 0.3) is 0 Å². The maximum Gasteiger partial charge on any atom is 0.187 e. The Morgan fingerprint density at radius 1 is 0.652 bits per heavy atom. The average Bonchev–Trinajstić information content (AvgIpc) is 2.54. The molecule has 2 fully saturated rings. The first-order valence-corrected chi connectivity index (χ1v) is 7.08. The van der Waals surface area contributed by atoms with Crippen molar-refractivity contribution in [1.29, 1.82) is 0 Å². The Morgan fingerprint density at radius 3 is 1.74 bits per heavy atom. The van der Waals surface area contributed by atoms with E-state index in [1.165, 1.54) is 0 Å². The van der Waals surface area contributed by atoms with Crippen molar-refractivity contribution in [2.24, 2.45) is 0 Å². The smallest absolute Gasteiger partial charge is 0.187 e. The van der Waals surface area contributed by atoms with Gasteiger partial charge < -0.3 is 55.1 Å². The molecule has 2 saturated heterocycles. The van der Waals surface area contributed by atoms with Crippen LogP contribution in [0.1, 0.15) is 0 Å². The molecule has 11 nitrogen and oxygen atoms in total. The van der Waals surface area contributed by atoms with Gasteiger partial charge in [-0.3, -0.25) is 0 Å². The van der Waals surface area contributed by atoms with Crippen LogP contribution in [0.4, 0.5) is 0 Å². The van der Waals surface area contributed by atoms with Gasteiger partial charge in [0, 0.05) is 0 Å². The van der Waals surface area contributed by atoms with Gasteiger partial charge >= 0.3 is 0 Å². The molecule has 0 aromatic heterocycles. The normalized spacial score (nSPS) is 51.7. The molecule has 0 aromatic carbocycles. The lowest BCUT2D eigenvalue weighted by Crippen LogP contribution is -2.64. The van der Waals surface area contributed by atoms with Crippen LogP contribution in [0.15, 0.2) is 0 Å². The first-order valence-electron chi connectivity index (χ1n) is 7.08. The summed E-state index contributed by atoms with van der Waals surface area (Å²) in [6.07, 6.45) is -15.6. The Balaban J connectivity index is 2.08. The number of ether oxygens (including phenoxy) is 3. The largest absolute Gasteiger partial charge is 0.394 e. The molecule has 0 spiro atoms. The number of rotatable bonds is 4. The molecule has 0 saturated carbocycles. The summed E-state index contributed by atoms with van der Waals surface area (Å²) in [5, 5.41) is 76.7. The highest BCUT2D eigenvalue weighted by Crippen LogP contribution is 2.28. The highest BCUT2D eigenvalue weighted by atomic mass is 16.7. The first kappa shape index (κ1) is 18.9. The fraction of sp³-hybridized carbons (Fsp3) is 1.00. The molecule has 1 unspecified atom stereocenters. The third-order valence-corrected chi connectivity index (χ3v) is 3.98. The lowest BCUT2D eigenvalue weighted by atomic mass is 9.97. The Kier molecular flexibility index (Phi) is 6.27. The fourth-order valence-electron chi connectivity index (χ4n) is 2.55. The zero-order valence-corrected chi connectivity index (χ0v) is 12.0. The summed E-state index contributed by atoms with van der Waals surface area (Å²) in [4.78, 5) is 0. The van der Waals surface area contributed by atoms with E-state index in [1.807, 2.05) is 0 Å². The predicted molar refractivity (Wildman–Crippen MR) is 68.6 cm³/mol. The van der Waals surface area contributed by atoms with E-state index < -0.39 is 74.6 Å². The van der Waals surface area contributed by atoms with Gasteiger partial charge in [-0.2, -0.15) is 0 Å². The number of hydrogen-bond donors (Lipinski definition) is 8. The molecule has 11 heteroatoms. The molecule has 0 aromatic rings. The van der Waals surface area contributed by atoms with Gasteiger partial charge in [-0.15, -0.1) is 0 Å². The molecule has 2 heterocycles. The highest BCUT2D eigenvalue weighted by molar-refractivity contribution is 4.93. The summed E-state index contributed by atoms with van der Waals surface area (Å²) >= 11 is 0. The van der Waals surface area contributed by atoms with Crippen LogP contribution in [0, 0.1) is 0 Å². The molecule has 2 rings (SSSR count). The zero-order chi connectivity index (χ0) is 17.3. The summed E-state index contributed by atoms with van der Waals surface area (Å²) in [6.45, 7) is -1.33. The molecule has 2 aliphatic rings. The lowest BCUT2D eigenvalue weighted by Gasteiger charge is -2.44. The monoisotopic (exact) mass is 342 g/mol. The minimum atomic E-state index is -1.75. The summed E-state index contributed by atoms with van der Waals surface area (Å²) in [5.41, 5.74) is 0. The summed E-state index contributed by atoms with van der Waals surface area (Å²) in [5.74, 6) is 0. The van der Waals surface area contributed by atoms with Crippen molar-refractivity contribution in [1.82, 2.24) is 0 Å². The SMILES string of the molecule is OC[C@H]1O[C@H](O[C@H]2C(O)O[C@H](CO)[C@@H](O)[C@@H]2O)[C@H](O)[C@@H](O)[C@@H]1O. The van der Waals surface area contributed by atoms with Crippen molar-refractivity contribution >= 4 is 0 Å². The summed E-state index contributed by atoms with van der Waals surface area (Å²) in [7, 11) is 0. The predicted octanol–water partition coefficient (Wildman–Crippen LogP) is -5.40. The van der Waals surface area contributed by atoms with E-state index in [9.17, 15) is 30.6 Å². The van der Waals surface area contributed by atoms with Crippen LogP contribution in [0.5, 0.6) is 0 Å². The molecule has 0 aliphatic carbocycles. The van der Waals surface area contributed by atoms with E-state index in [0.717, 1.165) is 0 Å². The minimum absolute atomic E-state index is 0.651. The maximum atomic E-state index is 9.94. The summed E-state index contributed by atoms with van der Waals surface area (Å²) in [6, 6.07) is 0. The summed E-state index contributed by atoms with van der Waals surface area (Å²) < 4.78 is 15.1. The van der Waals surface area contributed by atoms with Crippen LogP contribution < -0.4 is 0 Å². The highest BCUT2D eigenvalue weighted by Gasteiger charge is 2.50. The molecule has 10 atom stereocenters. The van der Waals surface area contributed by atoms with Crippen LogP contribution in [-0.4, -0.2) is 115 Å². The third kappa shape index (κ3) is 3.65.